The zero-order valence-electron chi connectivity index (χ0n) is 14.4. The standard InChI is InChI=1S/C16H37N3Si/c1-6-16(17-7-2,18-8-3)15(4,5)19-20-14-12-10-9-11-13-14/h14,17-19H,6-13,20H2,1-5H3. The predicted octanol–water partition coefficient (Wildman–Crippen LogP) is 2.52. The van der Waals surface area contributed by atoms with Gasteiger partial charge in [-0.15, -0.1) is 0 Å². The number of hydrogen-bond acceptors (Lipinski definition) is 3. The third kappa shape index (κ3) is 4.55. The summed E-state index contributed by atoms with van der Waals surface area (Å²) in [4.78, 5) is 4.00. The summed E-state index contributed by atoms with van der Waals surface area (Å²) in [5, 5.41) is 7.45. The molecule has 20 heavy (non-hydrogen) atoms. The second-order valence-corrected chi connectivity index (χ2v) is 8.75. The van der Waals surface area contributed by atoms with Gasteiger partial charge in [0.2, 0.25) is 0 Å². The Morgan fingerprint density at radius 1 is 0.950 bits per heavy atom. The molecule has 0 unspecified atom stereocenters. The Kier molecular flexibility index (Phi) is 7.73. The lowest BCUT2D eigenvalue weighted by atomic mass is 9.85. The fraction of sp³-hybridized carbons (Fsp3) is 1.00. The Morgan fingerprint density at radius 3 is 1.95 bits per heavy atom. The van der Waals surface area contributed by atoms with Gasteiger partial charge in [-0.25, -0.2) is 0 Å². The largest absolute Gasteiger partial charge is 0.335 e. The van der Waals surface area contributed by atoms with E-state index in [0.717, 1.165) is 25.1 Å². The summed E-state index contributed by atoms with van der Waals surface area (Å²) in [6, 6.07) is 0. The maximum Gasteiger partial charge on any atom is 0.0954 e. The number of likely N-dealkylation sites (N-methyl/N-ethyl adjacent to an activating group) is 2. The van der Waals surface area contributed by atoms with Gasteiger partial charge in [0.1, 0.15) is 0 Å². The van der Waals surface area contributed by atoms with Gasteiger partial charge in [0.25, 0.3) is 0 Å². The van der Waals surface area contributed by atoms with Gasteiger partial charge >= 0.3 is 0 Å². The Hall–Kier alpha value is 0.0969. The van der Waals surface area contributed by atoms with Crippen molar-refractivity contribution in [2.24, 2.45) is 0 Å². The van der Waals surface area contributed by atoms with E-state index in [9.17, 15) is 0 Å². The molecule has 0 amide bonds. The van der Waals surface area contributed by atoms with E-state index in [1.54, 1.807) is 0 Å². The van der Waals surface area contributed by atoms with Gasteiger partial charge in [-0.3, -0.25) is 10.6 Å². The second-order valence-electron chi connectivity index (χ2n) is 6.83. The molecule has 120 valence electrons. The van der Waals surface area contributed by atoms with Crippen LogP contribution in [0.1, 0.15) is 73.1 Å². The highest BCUT2D eigenvalue weighted by molar-refractivity contribution is 6.34. The summed E-state index contributed by atoms with van der Waals surface area (Å²) in [6.45, 7) is 13.5. The van der Waals surface area contributed by atoms with Gasteiger partial charge in [0.05, 0.1) is 15.3 Å². The van der Waals surface area contributed by atoms with Gasteiger partial charge in [-0.2, -0.15) is 0 Å². The fourth-order valence-electron chi connectivity index (χ4n) is 3.74. The van der Waals surface area contributed by atoms with Crippen molar-refractivity contribution in [1.82, 2.24) is 15.6 Å². The van der Waals surface area contributed by atoms with E-state index in [0.29, 0.717) is 0 Å². The van der Waals surface area contributed by atoms with E-state index < -0.39 is 0 Å². The first-order valence-electron chi connectivity index (χ1n) is 8.76. The van der Waals surface area contributed by atoms with Crippen molar-refractivity contribution < 1.29 is 0 Å². The third-order valence-corrected chi connectivity index (χ3v) is 7.59. The van der Waals surface area contributed by atoms with Crippen LogP contribution in [0.2, 0.25) is 5.54 Å². The van der Waals surface area contributed by atoms with Crippen LogP contribution >= 0.6 is 0 Å². The van der Waals surface area contributed by atoms with Crippen molar-refractivity contribution in [2.45, 2.75) is 89.9 Å². The second kappa shape index (κ2) is 8.52. The molecule has 0 atom stereocenters. The molecule has 1 aliphatic carbocycles. The van der Waals surface area contributed by atoms with Crippen LogP contribution in [0, 0.1) is 0 Å². The molecule has 0 bridgehead atoms. The number of hydrogen-bond donors (Lipinski definition) is 3. The van der Waals surface area contributed by atoms with E-state index >= 15 is 0 Å². The van der Waals surface area contributed by atoms with E-state index in [1.807, 2.05) is 0 Å². The minimum atomic E-state index is -0.192. The lowest BCUT2D eigenvalue weighted by Crippen LogP contribution is -2.73. The van der Waals surface area contributed by atoms with E-state index in [4.69, 9.17) is 0 Å². The molecule has 0 aliphatic heterocycles. The van der Waals surface area contributed by atoms with Crippen LogP contribution in [0.3, 0.4) is 0 Å². The Balaban J connectivity index is 2.65. The lowest BCUT2D eigenvalue weighted by Gasteiger charge is -2.49. The Morgan fingerprint density at radius 2 is 1.50 bits per heavy atom. The first-order valence-corrected chi connectivity index (χ1v) is 10.3. The predicted molar refractivity (Wildman–Crippen MR) is 93.0 cm³/mol. The molecule has 0 aromatic carbocycles. The van der Waals surface area contributed by atoms with Crippen molar-refractivity contribution in [2.75, 3.05) is 13.1 Å². The molecule has 3 nitrogen and oxygen atoms in total. The Bertz CT molecular complexity index is 256. The Labute approximate surface area is 129 Å². The average Bonchev–Trinajstić information content (AvgIpc) is 2.46. The van der Waals surface area contributed by atoms with Crippen LogP contribution in [-0.4, -0.2) is 34.0 Å². The monoisotopic (exact) mass is 299 g/mol. The van der Waals surface area contributed by atoms with Crippen molar-refractivity contribution in [1.29, 1.82) is 0 Å². The van der Waals surface area contributed by atoms with Gasteiger partial charge in [-0.05, 0) is 38.9 Å². The van der Waals surface area contributed by atoms with Crippen LogP contribution in [0.4, 0.5) is 0 Å². The highest BCUT2D eigenvalue weighted by atomic mass is 28.2. The molecule has 0 radical (unpaired) electrons. The van der Waals surface area contributed by atoms with Gasteiger partial charge in [-0.1, -0.05) is 52.9 Å². The molecular formula is C16H37N3Si. The SMILES string of the molecule is CCNC(CC)(NCC)C(C)(C)N[SiH2]C1CCCCC1. The summed E-state index contributed by atoms with van der Waals surface area (Å²) in [5.74, 6) is 0. The smallest absolute Gasteiger partial charge is 0.0954 e. The first-order chi connectivity index (χ1) is 9.51. The molecule has 1 aliphatic rings. The van der Waals surface area contributed by atoms with Crippen molar-refractivity contribution >= 4 is 9.68 Å². The topological polar surface area (TPSA) is 36.1 Å². The maximum absolute atomic E-state index is 4.00. The zero-order chi connectivity index (χ0) is 15.1. The van der Waals surface area contributed by atoms with Crippen molar-refractivity contribution in [3.05, 3.63) is 0 Å². The summed E-state index contributed by atoms with van der Waals surface area (Å²) >= 11 is 0. The molecule has 1 fully saturated rings. The van der Waals surface area contributed by atoms with E-state index in [1.165, 1.54) is 32.1 Å². The number of nitrogens with one attached hydrogen (secondary N) is 3. The van der Waals surface area contributed by atoms with Gasteiger partial charge in [0, 0.05) is 5.54 Å². The lowest BCUT2D eigenvalue weighted by molar-refractivity contribution is 0.133. The molecule has 0 spiro atoms. The molecule has 4 heteroatoms. The number of rotatable bonds is 9. The minimum absolute atomic E-state index is 0.0121. The summed E-state index contributed by atoms with van der Waals surface area (Å²) in [7, 11) is -0.192. The highest BCUT2D eigenvalue weighted by Crippen LogP contribution is 2.29. The summed E-state index contributed by atoms with van der Waals surface area (Å²) < 4.78 is 0. The average molecular weight is 300 g/mol. The third-order valence-electron chi connectivity index (χ3n) is 5.11. The highest BCUT2D eigenvalue weighted by Gasteiger charge is 2.42. The van der Waals surface area contributed by atoms with Crippen molar-refractivity contribution in [3.63, 3.8) is 0 Å². The first kappa shape index (κ1) is 18.1. The molecule has 0 aromatic heterocycles. The molecule has 0 saturated heterocycles. The minimum Gasteiger partial charge on any atom is -0.335 e. The van der Waals surface area contributed by atoms with Crippen LogP contribution in [0.25, 0.3) is 0 Å². The zero-order valence-corrected chi connectivity index (χ0v) is 15.9. The van der Waals surface area contributed by atoms with Crippen LogP contribution < -0.4 is 15.6 Å². The molecule has 0 aromatic rings. The van der Waals surface area contributed by atoms with Gasteiger partial charge in [0.15, 0.2) is 0 Å². The summed E-state index contributed by atoms with van der Waals surface area (Å²) in [5.41, 5.74) is 1.14. The summed E-state index contributed by atoms with van der Waals surface area (Å²) in [6.07, 6.45) is 8.42. The van der Waals surface area contributed by atoms with Crippen LogP contribution in [-0.2, 0) is 0 Å². The quantitative estimate of drug-likeness (QED) is 0.452. The molecule has 3 N–H and O–H groups in total. The van der Waals surface area contributed by atoms with Crippen LogP contribution in [0.5, 0.6) is 0 Å². The van der Waals surface area contributed by atoms with Gasteiger partial charge < -0.3 is 4.98 Å². The normalized spacial score (nSPS) is 19.1. The van der Waals surface area contributed by atoms with Crippen LogP contribution in [0.15, 0.2) is 0 Å². The maximum atomic E-state index is 4.00. The molecule has 1 rings (SSSR count). The van der Waals surface area contributed by atoms with E-state index in [2.05, 4.69) is 50.2 Å². The van der Waals surface area contributed by atoms with E-state index in [-0.39, 0.29) is 20.9 Å². The molecule has 0 heterocycles. The molecular weight excluding hydrogens is 262 g/mol. The fourth-order valence-corrected chi connectivity index (χ4v) is 5.83. The van der Waals surface area contributed by atoms with Crippen molar-refractivity contribution in [3.8, 4) is 0 Å². The molecule has 1 saturated carbocycles.